The van der Waals surface area contributed by atoms with Gasteiger partial charge >= 0.3 is 0 Å². The minimum atomic E-state index is 0.674. The third-order valence-corrected chi connectivity index (χ3v) is 6.96. The standard InChI is InChI=1S/C18H13Cl2N3S2/c1-9-4-3-5-13(10(9)2)21-18-23-22-17(25-18)16-15(20)12-8-11(19)6-7-14(12)24-16/h3-8H,1-2H3,(H,21,23). The molecule has 0 spiro atoms. The molecule has 4 rings (SSSR count). The van der Waals surface area contributed by atoms with Gasteiger partial charge in [0.25, 0.3) is 0 Å². The van der Waals surface area contributed by atoms with Gasteiger partial charge < -0.3 is 5.32 Å². The van der Waals surface area contributed by atoms with Crippen LogP contribution >= 0.6 is 45.9 Å². The number of hydrogen-bond acceptors (Lipinski definition) is 5. The molecular formula is C18H13Cl2N3S2. The number of hydrogen-bond donors (Lipinski definition) is 1. The van der Waals surface area contributed by atoms with E-state index in [0.717, 1.165) is 30.8 Å². The average molecular weight is 406 g/mol. The van der Waals surface area contributed by atoms with Crippen molar-refractivity contribution in [1.82, 2.24) is 10.2 Å². The zero-order valence-corrected chi connectivity index (χ0v) is 16.6. The Balaban J connectivity index is 1.70. The molecule has 3 nitrogen and oxygen atoms in total. The first-order valence-electron chi connectivity index (χ1n) is 7.57. The van der Waals surface area contributed by atoms with Crippen LogP contribution in [0.1, 0.15) is 11.1 Å². The van der Waals surface area contributed by atoms with E-state index < -0.39 is 0 Å². The fourth-order valence-corrected chi connectivity index (χ4v) is 5.10. The van der Waals surface area contributed by atoms with Gasteiger partial charge in [-0.3, -0.25) is 0 Å². The monoisotopic (exact) mass is 405 g/mol. The molecule has 0 fully saturated rings. The molecule has 0 aliphatic carbocycles. The molecule has 0 radical (unpaired) electrons. The highest BCUT2D eigenvalue weighted by Gasteiger charge is 2.17. The van der Waals surface area contributed by atoms with E-state index >= 15 is 0 Å². The minimum Gasteiger partial charge on any atom is -0.330 e. The molecule has 2 aromatic carbocycles. The fraction of sp³-hybridized carbons (Fsp3) is 0.111. The summed E-state index contributed by atoms with van der Waals surface area (Å²) in [7, 11) is 0. The van der Waals surface area contributed by atoms with E-state index in [-0.39, 0.29) is 0 Å². The van der Waals surface area contributed by atoms with E-state index in [4.69, 9.17) is 23.2 Å². The lowest BCUT2D eigenvalue weighted by atomic mass is 10.1. The van der Waals surface area contributed by atoms with Crippen LogP contribution in [-0.2, 0) is 0 Å². The summed E-state index contributed by atoms with van der Waals surface area (Å²) in [6, 6.07) is 11.9. The molecule has 2 aromatic heterocycles. The number of aryl methyl sites for hydroxylation is 1. The average Bonchev–Trinajstić information content (AvgIpc) is 3.17. The van der Waals surface area contributed by atoms with Crippen molar-refractivity contribution in [3.05, 3.63) is 57.6 Å². The number of rotatable bonds is 3. The maximum absolute atomic E-state index is 6.55. The predicted octanol–water partition coefficient (Wildman–Crippen LogP) is 7.09. The number of anilines is 2. The zero-order valence-electron chi connectivity index (χ0n) is 13.4. The van der Waals surface area contributed by atoms with Crippen LogP contribution in [0.5, 0.6) is 0 Å². The number of aromatic nitrogens is 2. The molecule has 0 aliphatic rings. The Morgan fingerprint density at radius 1 is 1.00 bits per heavy atom. The maximum atomic E-state index is 6.55. The molecule has 0 atom stereocenters. The summed E-state index contributed by atoms with van der Waals surface area (Å²) in [5, 5.41) is 15.8. The maximum Gasteiger partial charge on any atom is 0.210 e. The lowest BCUT2D eigenvalue weighted by molar-refractivity contribution is 1.10. The summed E-state index contributed by atoms with van der Waals surface area (Å²) in [5.74, 6) is 0. The predicted molar refractivity (Wildman–Crippen MR) is 110 cm³/mol. The van der Waals surface area contributed by atoms with Crippen molar-refractivity contribution >= 4 is 66.8 Å². The summed E-state index contributed by atoms with van der Waals surface area (Å²) >= 11 is 15.7. The van der Waals surface area contributed by atoms with Crippen molar-refractivity contribution in [3.63, 3.8) is 0 Å². The number of benzene rings is 2. The van der Waals surface area contributed by atoms with Crippen molar-refractivity contribution in [3.8, 4) is 9.88 Å². The second kappa shape index (κ2) is 6.57. The van der Waals surface area contributed by atoms with Crippen molar-refractivity contribution < 1.29 is 0 Å². The van der Waals surface area contributed by atoms with Crippen LogP contribution < -0.4 is 5.32 Å². The molecule has 0 saturated carbocycles. The number of fused-ring (bicyclic) bond motifs is 1. The van der Waals surface area contributed by atoms with E-state index in [0.29, 0.717) is 10.0 Å². The van der Waals surface area contributed by atoms with Gasteiger partial charge in [-0.2, -0.15) is 0 Å². The van der Waals surface area contributed by atoms with Crippen LogP contribution in [0.4, 0.5) is 10.8 Å². The number of nitrogens with one attached hydrogen (secondary N) is 1. The molecule has 25 heavy (non-hydrogen) atoms. The SMILES string of the molecule is Cc1cccc(Nc2nnc(-c3sc4ccc(Cl)cc4c3Cl)s2)c1C. The molecule has 126 valence electrons. The summed E-state index contributed by atoms with van der Waals surface area (Å²) in [6.07, 6.45) is 0. The van der Waals surface area contributed by atoms with E-state index in [1.54, 1.807) is 11.3 Å². The van der Waals surface area contributed by atoms with Gasteiger partial charge in [0.2, 0.25) is 5.13 Å². The fourth-order valence-electron chi connectivity index (χ4n) is 2.54. The number of nitrogens with zero attached hydrogens (tertiary/aromatic N) is 2. The van der Waals surface area contributed by atoms with E-state index in [9.17, 15) is 0 Å². The van der Waals surface area contributed by atoms with Gasteiger partial charge in [0, 0.05) is 20.8 Å². The molecule has 0 bridgehead atoms. The normalized spacial score (nSPS) is 11.2. The first-order chi connectivity index (χ1) is 12.0. The molecule has 2 heterocycles. The number of thiophene rings is 1. The van der Waals surface area contributed by atoms with Crippen molar-refractivity contribution in [2.75, 3.05) is 5.32 Å². The lowest BCUT2D eigenvalue weighted by Crippen LogP contribution is -1.94. The molecular weight excluding hydrogens is 393 g/mol. The van der Waals surface area contributed by atoms with Crippen molar-refractivity contribution in [2.24, 2.45) is 0 Å². The Labute approximate surface area is 163 Å². The van der Waals surface area contributed by atoms with Crippen LogP contribution in [0.3, 0.4) is 0 Å². The van der Waals surface area contributed by atoms with Crippen LogP contribution in [0.25, 0.3) is 20.0 Å². The second-order valence-electron chi connectivity index (χ2n) is 5.67. The molecule has 0 saturated heterocycles. The lowest BCUT2D eigenvalue weighted by Gasteiger charge is -2.08. The quantitative estimate of drug-likeness (QED) is 0.395. The molecule has 0 unspecified atom stereocenters. The van der Waals surface area contributed by atoms with Gasteiger partial charge in [-0.05, 0) is 49.2 Å². The number of halogens is 2. The zero-order chi connectivity index (χ0) is 17.6. The van der Waals surface area contributed by atoms with Gasteiger partial charge in [-0.1, -0.05) is 46.7 Å². The highest BCUT2D eigenvalue weighted by molar-refractivity contribution is 7.27. The summed E-state index contributed by atoms with van der Waals surface area (Å²) < 4.78 is 1.09. The largest absolute Gasteiger partial charge is 0.330 e. The van der Waals surface area contributed by atoms with Crippen LogP contribution in [0.2, 0.25) is 10.0 Å². The topological polar surface area (TPSA) is 37.8 Å². The Morgan fingerprint density at radius 3 is 2.68 bits per heavy atom. The summed E-state index contributed by atoms with van der Waals surface area (Å²) in [6.45, 7) is 4.18. The Kier molecular flexibility index (Phi) is 4.41. The van der Waals surface area contributed by atoms with Gasteiger partial charge in [0.05, 0.1) is 9.90 Å². The van der Waals surface area contributed by atoms with Crippen molar-refractivity contribution in [1.29, 1.82) is 0 Å². The van der Waals surface area contributed by atoms with Gasteiger partial charge in [-0.25, -0.2) is 0 Å². The van der Waals surface area contributed by atoms with Gasteiger partial charge in [0.15, 0.2) is 5.01 Å². The Morgan fingerprint density at radius 2 is 1.84 bits per heavy atom. The van der Waals surface area contributed by atoms with Crippen LogP contribution in [0.15, 0.2) is 36.4 Å². The van der Waals surface area contributed by atoms with E-state index in [2.05, 4.69) is 35.4 Å². The highest BCUT2D eigenvalue weighted by atomic mass is 35.5. The van der Waals surface area contributed by atoms with E-state index in [1.807, 2.05) is 30.3 Å². The molecule has 0 amide bonds. The van der Waals surface area contributed by atoms with Crippen LogP contribution in [0, 0.1) is 13.8 Å². The molecule has 4 aromatic rings. The summed E-state index contributed by atoms with van der Waals surface area (Å²) in [5.41, 5.74) is 3.48. The molecule has 0 aliphatic heterocycles. The second-order valence-corrected chi connectivity index (χ2v) is 8.51. The van der Waals surface area contributed by atoms with Crippen LogP contribution in [-0.4, -0.2) is 10.2 Å². The molecule has 7 heteroatoms. The first-order valence-corrected chi connectivity index (χ1v) is 9.96. The molecule has 1 N–H and O–H groups in total. The van der Waals surface area contributed by atoms with Gasteiger partial charge in [-0.15, -0.1) is 21.5 Å². The Bertz CT molecular complexity index is 1090. The smallest absolute Gasteiger partial charge is 0.210 e. The Hall–Kier alpha value is -1.66. The van der Waals surface area contributed by atoms with E-state index in [1.165, 1.54) is 22.5 Å². The first kappa shape index (κ1) is 16.8. The minimum absolute atomic E-state index is 0.674. The highest BCUT2D eigenvalue weighted by Crippen LogP contribution is 2.44. The summed E-state index contributed by atoms with van der Waals surface area (Å²) in [4.78, 5) is 0.922. The van der Waals surface area contributed by atoms with Gasteiger partial charge in [0.1, 0.15) is 0 Å². The van der Waals surface area contributed by atoms with Crippen molar-refractivity contribution in [2.45, 2.75) is 13.8 Å². The third-order valence-electron chi connectivity index (χ3n) is 4.05. The third kappa shape index (κ3) is 3.13.